The van der Waals surface area contributed by atoms with Crippen molar-refractivity contribution in [2.75, 3.05) is 25.9 Å². The summed E-state index contributed by atoms with van der Waals surface area (Å²) in [6, 6.07) is 15.9. The maximum Gasteiger partial charge on any atom is 0.239 e. The molecule has 0 spiro atoms. The maximum absolute atomic E-state index is 13.6. The predicted molar refractivity (Wildman–Crippen MR) is 147 cm³/mol. The SMILES string of the molecule is CCC[C@H](C(O)c1nc2ccccc2o1)C(CS(=O)(=O)Cc1ccccc1)(NC1CCN(C)CC1)C(N)=O. The first-order valence-corrected chi connectivity index (χ1v) is 15.0. The molecule has 1 saturated heterocycles. The van der Waals surface area contributed by atoms with Crippen LogP contribution in [0.15, 0.2) is 59.0 Å². The number of benzene rings is 2. The van der Waals surface area contributed by atoms with Gasteiger partial charge in [0, 0.05) is 12.0 Å². The van der Waals surface area contributed by atoms with E-state index in [4.69, 9.17) is 10.2 Å². The lowest BCUT2D eigenvalue weighted by Crippen LogP contribution is -2.68. The number of hydrogen-bond acceptors (Lipinski definition) is 8. The lowest BCUT2D eigenvalue weighted by Gasteiger charge is -2.44. The van der Waals surface area contributed by atoms with Crippen molar-refractivity contribution in [1.29, 1.82) is 0 Å². The fraction of sp³-hybridized carbons (Fsp3) is 0.500. The van der Waals surface area contributed by atoms with Crippen molar-refractivity contribution in [3.05, 3.63) is 66.1 Å². The number of carbonyl (C=O) groups is 1. The maximum atomic E-state index is 13.6. The van der Waals surface area contributed by atoms with Crippen LogP contribution in [0.1, 0.15) is 50.2 Å². The number of piperidine rings is 1. The van der Waals surface area contributed by atoms with E-state index in [0.29, 0.717) is 29.5 Å². The smallest absolute Gasteiger partial charge is 0.239 e. The number of sulfone groups is 1. The number of carbonyl (C=O) groups excluding carboxylic acids is 1. The highest BCUT2D eigenvalue weighted by Crippen LogP contribution is 2.38. The van der Waals surface area contributed by atoms with Crippen LogP contribution >= 0.6 is 0 Å². The van der Waals surface area contributed by atoms with Gasteiger partial charge in [0.1, 0.15) is 17.2 Å². The number of aliphatic hydroxyl groups excluding tert-OH is 1. The van der Waals surface area contributed by atoms with E-state index in [1.807, 2.05) is 26.1 Å². The Morgan fingerprint density at radius 1 is 1.18 bits per heavy atom. The van der Waals surface area contributed by atoms with E-state index in [1.54, 1.807) is 42.5 Å². The quantitative estimate of drug-likeness (QED) is 0.318. The lowest BCUT2D eigenvalue weighted by molar-refractivity contribution is -0.129. The number of primary amides is 1. The molecular weight excluding hydrogens is 504 g/mol. The van der Waals surface area contributed by atoms with E-state index in [9.17, 15) is 18.3 Å². The Bertz CT molecular complexity index is 1290. The summed E-state index contributed by atoms with van der Waals surface area (Å²) in [6.45, 7) is 3.52. The molecule has 4 rings (SSSR count). The van der Waals surface area contributed by atoms with Crippen molar-refractivity contribution < 1.29 is 22.7 Å². The Hall–Kier alpha value is -2.79. The molecule has 0 saturated carbocycles. The van der Waals surface area contributed by atoms with Gasteiger partial charge >= 0.3 is 0 Å². The molecule has 2 unspecified atom stereocenters. The van der Waals surface area contributed by atoms with Gasteiger partial charge in [-0.2, -0.15) is 0 Å². The summed E-state index contributed by atoms with van der Waals surface area (Å²) in [4.78, 5) is 20.1. The second-order valence-electron chi connectivity index (χ2n) is 10.4. The van der Waals surface area contributed by atoms with Crippen LogP contribution in [0.4, 0.5) is 0 Å². The summed E-state index contributed by atoms with van der Waals surface area (Å²) in [7, 11) is -1.81. The lowest BCUT2D eigenvalue weighted by atomic mass is 9.76. The van der Waals surface area contributed by atoms with Gasteiger partial charge in [0.15, 0.2) is 15.4 Å². The summed E-state index contributed by atoms with van der Waals surface area (Å²) in [6.07, 6.45) is 1.03. The molecule has 0 bridgehead atoms. The Kier molecular flexibility index (Phi) is 8.87. The molecule has 1 amide bonds. The fourth-order valence-electron chi connectivity index (χ4n) is 5.50. The molecule has 2 aromatic carbocycles. The monoisotopic (exact) mass is 542 g/mol. The number of hydrogen-bond donors (Lipinski definition) is 3. The molecule has 1 aliphatic heterocycles. The Labute approximate surface area is 224 Å². The third-order valence-corrected chi connectivity index (χ3v) is 9.14. The average molecular weight is 543 g/mol. The minimum absolute atomic E-state index is 0.0425. The highest BCUT2D eigenvalue weighted by atomic mass is 32.2. The molecule has 3 atom stereocenters. The van der Waals surface area contributed by atoms with E-state index >= 15 is 0 Å². The number of nitrogens with zero attached hydrogens (tertiary/aromatic N) is 2. The number of likely N-dealkylation sites (tertiary alicyclic amines) is 1. The highest BCUT2D eigenvalue weighted by molar-refractivity contribution is 7.90. The van der Waals surface area contributed by atoms with Crippen LogP contribution in [0.25, 0.3) is 11.1 Å². The molecule has 0 radical (unpaired) electrons. The second kappa shape index (κ2) is 11.9. The molecule has 4 N–H and O–H groups in total. The van der Waals surface area contributed by atoms with Crippen LogP contribution in [0, 0.1) is 5.92 Å². The first-order chi connectivity index (χ1) is 18.1. The fourth-order valence-corrected chi connectivity index (χ4v) is 7.43. The third-order valence-electron chi connectivity index (χ3n) is 7.47. The summed E-state index contributed by atoms with van der Waals surface area (Å²) in [5.41, 5.74) is 6.06. The molecule has 38 heavy (non-hydrogen) atoms. The third kappa shape index (κ3) is 6.43. The molecule has 2 heterocycles. The largest absolute Gasteiger partial charge is 0.438 e. The van der Waals surface area contributed by atoms with Crippen molar-refractivity contribution >= 4 is 26.8 Å². The van der Waals surface area contributed by atoms with Crippen LogP contribution in [0.2, 0.25) is 0 Å². The van der Waals surface area contributed by atoms with Gasteiger partial charge in [-0.05, 0) is 57.1 Å². The van der Waals surface area contributed by atoms with Crippen molar-refractivity contribution in [2.45, 2.75) is 56.0 Å². The number of rotatable bonds is 12. The van der Waals surface area contributed by atoms with Crippen LogP contribution in [0.5, 0.6) is 0 Å². The van der Waals surface area contributed by atoms with Gasteiger partial charge in [-0.1, -0.05) is 55.8 Å². The molecule has 0 aliphatic carbocycles. The molecule has 10 heteroatoms. The zero-order chi connectivity index (χ0) is 27.3. The Morgan fingerprint density at radius 3 is 2.47 bits per heavy atom. The summed E-state index contributed by atoms with van der Waals surface area (Å²) < 4.78 is 33.2. The number of nitrogens with two attached hydrogens (primary N) is 1. The molecular formula is C28H38N4O5S. The average Bonchev–Trinajstić information content (AvgIpc) is 3.32. The van der Waals surface area contributed by atoms with Crippen molar-refractivity contribution in [2.24, 2.45) is 11.7 Å². The minimum Gasteiger partial charge on any atom is -0.438 e. The van der Waals surface area contributed by atoms with Gasteiger partial charge in [0.2, 0.25) is 11.8 Å². The van der Waals surface area contributed by atoms with Crippen LogP contribution < -0.4 is 11.1 Å². The normalized spacial score (nSPS) is 18.7. The van der Waals surface area contributed by atoms with E-state index in [-0.39, 0.29) is 17.7 Å². The number of aromatic nitrogens is 1. The minimum atomic E-state index is -3.84. The number of amides is 1. The number of oxazole rings is 1. The number of nitrogens with one attached hydrogen (secondary N) is 1. The van der Waals surface area contributed by atoms with E-state index < -0.39 is 39.1 Å². The zero-order valence-corrected chi connectivity index (χ0v) is 22.9. The topological polar surface area (TPSA) is 139 Å². The van der Waals surface area contributed by atoms with Gasteiger partial charge in [-0.15, -0.1) is 0 Å². The van der Waals surface area contributed by atoms with Gasteiger partial charge in [-0.25, -0.2) is 13.4 Å². The second-order valence-corrected chi connectivity index (χ2v) is 12.5. The molecule has 206 valence electrons. The Balaban J connectivity index is 1.76. The van der Waals surface area contributed by atoms with Gasteiger partial charge < -0.3 is 20.2 Å². The van der Waals surface area contributed by atoms with Crippen molar-refractivity contribution in [3.63, 3.8) is 0 Å². The number of para-hydroxylation sites is 2. The van der Waals surface area contributed by atoms with Gasteiger partial charge in [-0.3, -0.25) is 10.1 Å². The molecule has 3 aromatic rings. The van der Waals surface area contributed by atoms with Crippen LogP contribution in [-0.2, 0) is 20.4 Å². The summed E-state index contributed by atoms with van der Waals surface area (Å²) in [5.74, 6) is -2.43. The Morgan fingerprint density at radius 2 is 1.84 bits per heavy atom. The summed E-state index contributed by atoms with van der Waals surface area (Å²) in [5, 5.41) is 15.0. The van der Waals surface area contributed by atoms with E-state index in [0.717, 1.165) is 25.9 Å². The zero-order valence-electron chi connectivity index (χ0n) is 22.0. The van der Waals surface area contributed by atoms with Crippen molar-refractivity contribution in [1.82, 2.24) is 15.2 Å². The van der Waals surface area contributed by atoms with Crippen LogP contribution in [-0.4, -0.2) is 66.8 Å². The highest BCUT2D eigenvalue weighted by Gasteiger charge is 2.52. The number of fused-ring (bicyclic) bond motifs is 1. The van der Waals surface area contributed by atoms with Gasteiger partial charge in [0.25, 0.3) is 0 Å². The number of aliphatic hydroxyl groups is 1. The first kappa shape index (κ1) is 28.2. The van der Waals surface area contributed by atoms with E-state index in [1.165, 1.54) is 0 Å². The molecule has 1 aliphatic rings. The standard InChI is InChI=1S/C28H38N4O5S/c1-3-9-22(25(33)26-30-23-12-7-8-13-24(23)37-26)28(27(29)34,31-21-14-16-32(2)17-15-21)19-38(35,36)18-20-10-5-4-6-11-20/h4-8,10-13,21-22,25,31,33H,3,9,14-19H2,1-2H3,(H2,29,34)/t22-,25?,28?/m1/s1. The molecule has 1 fully saturated rings. The predicted octanol–water partition coefficient (Wildman–Crippen LogP) is 2.80. The summed E-state index contributed by atoms with van der Waals surface area (Å²) >= 11 is 0. The van der Waals surface area contributed by atoms with E-state index in [2.05, 4.69) is 15.2 Å². The van der Waals surface area contributed by atoms with Gasteiger partial charge in [0.05, 0.1) is 11.5 Å². The van der Waals surface area contributed by atoms with Crippen LogP contribution in [0.3, 0.4) is 0 Å². The molecule has 1 aromatic heterocycles. The van der Waals surface area contributed by atoms with Crippen molar-refractivity contribution in [3.8, 4) is 0 Å². The molecule has 9 nitrogen and oxygen atoms in total. The first-order valence-electron chi connectivity index (χ1n) is 13.2.